The van der Waals surface area contributed by atoms with E-state index in [9.17, 15) is 9.59 Å². The SMILES string of the molecule is C/C(=C\CCC/C=C(\C)C(N)=O)C(N)=O. The smallest absolute Gasteiger partial charge is 0.244 e. The number of amides is 2. The van der Waals surface area contributed by atoms with Crippen LogP contribution in [0.3, 0.4) is 0 Å². The van der Waals surface area contributed by atoms with Gasteiger partial charge in [-0.2, -0.15) is 0 Å². The Morgan fingerprint density at radius 3 is 1.53 bits per heavy atom. The van der Waals surface area contributed by atoms with Crippen LogP contribution in [0.15, 0.2) is 23.3 Å². The van der Waals surface area contributed by atoms with Crippen LogP contribution in [0.4, 0.5) is 0 Å². The average Bonchev–Trinajstić information content (AvgIpc) is 2.16. The highest BCUT2D eigenvalue weighted by Gasteiger charge is 1.96. The van der Waals surface area contributed by atoms with Crippen molar-refractivity contribution in [1.82, 2.24) is 0 Å². The number of carbonyl (C=O) groups excluding carboxylic acids is 2. The molecular formula is C11H18N2O2. The molecular weight excluding hydrogens is 192 g/mol. The van der Waals surface area contributed by atoms with Crippen molar-refractivity contribution >= 4 is 11.8 Å². The molecule has 4 nitrogen and oxygen atoms in total. The highest BCUT2D eigenvalue weighted by molar-refractivity contribution is 5.91. The maximum atomic E-state index is 10.6. The van der Waals surface area contributed by atoms with Crippen LogP contribution in [0, 0.1) is 0 Å². The predicted octanol–water partition coefficient (Wildman–Crippen LogP) is 1.02. The maximum Gasteiger partial charge on any atom is 0.244 e. The van der Waals surface area contributed by atoms with Crippen molar-refractivity contribution in [1.29, 1.82) is 0 Å². The van der Waals surface area contributed by atoms with E-state index in [4.69, 9.17) is 11.5 Å². The maximum absolute atomic E-state index is 10.6. The normalized spacial score (nSPS) is 12.7. The largest absolute Gasteiger partial charge is 0.366 e. The highest BCUT2D eigenvalue weighted by atomic mass is 16.1. The zero-order valence-electron chi connectivity index (χ0n) is 9.25. The van der Waals surface area contributed by atoms with Crippen molar-refractivity contribution in [3.05, 3.63) is 23.3 Å². The minimum Gasteiger partial charge on any atom is -0.366 e. The van der Waals surface area contributed by atoms with Crippen molar-refractivity contribution < 1.29 is 9.59 Å². The Labute approximate surface area is 90.0 Å². The minimum atomic E-state index is -0.390. The van der Waals surface area contributed by atoms with Crippen LogP contribution < -0.4 is 11.5 Å². The van der Waals surface area contributed by atoms with Gasteiger partial charge in [-0.3, -0.25) is 9.59 Å². The fraction of sp³-hybridized carbons (Fsp3) is 0.455. The van der Waals surface area contributed by atoms with Crippen LogP contribution in [0.2, 0.25) is 0 Å². The Morgan fingerprint density at radius 1 is 0.933 bits per heavy atom. The van der Waals surface area contributed by atoms with E-state index in [1.165, 1.54) is 0 Å². The fourth-order valence-electron chi connectivity index (χ4n) is 0.956. The molecule has 0 aromatic heterocycles. The lowest BCUT2D eigenvalue weighted by Gasteiger charge is -1.96. The summed E-state index contributed by atoms with van der Waals surface area (Å²) < 4.78 is 0. The molecule has 0 saturated carbocycles. The van der Waals surface area contributed by atoms with Gasteiger partial charge in [-0.25, -0.2) is 0 Å². The quantitative estimate of drug-likeness (QED) is 0.506. The first-order valence-electron chi connectivity index (χ1n) is 4.88. The van der Waals surface area contributed by atoms with Gasteiger partial charge in [-0.05, 0) is 33.1 Å². The topological polar surface area (TPSA) is 86.2 Å². The molecule has 0 atom stereocenters. The van der Waals surface area contributed by atoms with Crippen molar-refractivity contribution in [2.75, 3.05) is 0 Å². The van der Waals surface area contributed by atoms with Crippen molar-refractivity contribution in [3.63, 3.8) is 0 Å². The molecule has 0 heterocycles. The van der Waals surface area contributed by atoms with E-state index in [-0.39, 0.29) is 11.8 Å². The number of hydrogen-bond acceptors (Lipinski definition) is 2. The summed E-state index contributed by atoms with van der Waals surface area (Å²) >= 11 is 0. The van der Waals surface area contributed by atoms with Gasteiger partial charge in [0.1, 0.15) is 0 Å². The molecule has 0 fully saturated rings. The molecule has 0 saturated heterocycles. The zero-order valence-corrected chi connectivity index (χ0v) is 9.25. The minimum absolute atomic E-state index is 0.390. The Balaban J connectivity index is 3.83. The van der Waals surface area contributed by atoms with Gasteiger partial charge in [0.05, 0.1) is 0 Å². The predicted molar refractivity (Wildman–Crippen MR) is 59.8 cm³/mol. The molecule has 0 spiro atoms. The number of allylic oxidation sites excluding steroid dienone is 2. The Kier molecular flexibility index (Phi) is 6.09. The number of nitrogens with two attached hydrogens (primary N) is 2. The standard InChI is InChI=1S/C11H18N2O2/c1-8(10(12)14)6-4-3-5-7-9(2)11(13)15/h6-7H,3-5H2,1-2H3,(H2,12,14)(H2,13,15)/b8-6+,9-7+. The third kappa shape index (κ3) is 6.49. The first-order valence-corrected chi connectivity index (χ1v) is 4.88. The molecule has 0 aliphatic heterocycles. The molecule has 0 bridgehead atoms. The lowest BCUT2D eigenvalue weighted by molar-refractivity contribution is -0.115. The van der Waals surface area contributed by atoms with E-state index in [0.29, 0.717) is 11.1 Å². The Bertz CT molecular complexity index is 274. The lowest BCUT2D eigenvalue weighted by Crippen LogP contribution is -2.11. The molecule has 2 amide bonds. The van der Waals surface area contributed by atoms with Gasteiger partial charge in [-0.1, -0.05) is 12.2 Å². The highest BCUT2D eigenvalue weighted by Crippen LogP contribution is 2.03. The Morgan fingerprint density at radius 2 is 1.27 bits per heavy atom. The number of carbonyl (C=O) groups is 2. The van der Waals surface area contributed by atoms with Crippen molar-refractivity contribution in [3.8, 4) is 0 Å². The van der Waals surface area contributed by atoms with E-state index < -0.39 is 0 Å². The van der Waals surface area contributed by atoms with Crippen molar-refractivity contribution in [2.24, 2.45) is 11.5 Å². The van der Waals surface area contributed by atoms with Crippen LogP contribution in [-0.4, -0.2) is 11.8 Å². The number of primary amides is 2. The fourth-order valence-corrected chi connectivity index (χ4v) is 0.956. The van der Waals surface area contributed by atoms with Gasteiger partial charge in [0.2, 0.25) is 11.8 Å². The van der Waals surface area contributed by atoms with Crippen LogP contribution in [0.25, 0.3) is 0 Å². The molecule has 0 aromatic carbocycles. The second-order valence-corrected chi connectivity index (χ2v) is 3.43. The van der Waals surface area contributed by atoms with Gasteiger partial charge >= 0.3 is 0 Å². The summed E-state index contributed by atoms with van der Waals surface area (Å²) in [5.74, 6) is -0.780. The summed E-state index contributed by atoms with van der Waals surface area (Å²) in [5.41, 5.74) is 11.3. The first-order chi connectivity index (χ1) is 6.95. The number of hydrogen-bond donors (Lipinski definition) is 2. The second-order valence-electron chi connectivity index (χ2n) is 3.43. The summed E-state index contributed by atoms with van der Waals surface area (Å²) in [6.45, 7) is 3.37. The Hall–Kier alpha value is -1.58. The van der Waals surface area contributed by atoms with Gasteiger partial charge < -0.3 is 11.5 Å². The molecule has 4 heteroatoms. The lowest BCUT2D eigenvalue weighted by atomic mass is 10.1. The van der Waals surface area contributed by atoms with E-state index >= 15 is 0 Å². The van der Waals surface area contributed by atoms with Gasteiger partial charge in [0.25, 0.3) is 0 Å². The third-order valence-electron chi connectivity index (χ3n) is 2.09. The molecule has 0 aromatic rings. The van der Waals surface area contributed by atoms with E-state index in [0.717, 1.165) is 19.3 Å². The van der Waals surface area contributed by atoms with E-state index in [2.05, 4.69) is 0 Å². The summed E-state index contributed by atoms with van der Waals surface area (Å²) in [4.78, 5) is 21.3. The van der Waals surface area contributed by atoms with Crippen LogP contribution in [-0.2, 0) is 9.59 Å². The molecule has 4 N–H and O–H groups in total. The van der Waals surface area contributed by atoms with Crippen LogP contribution in [0.1, 0.15) is 33.1 Å². The summed E-state index contributed by atoms with van der Waals surface area (Å²) in [6.07, 6.45) is 6.02. The van der Waals surface area contributed by atoms with Crippen LogP contribution in [0.5, 0.6) is 0 Å². The molecule has 0 unspecified atom stereocenters. The van der Waals surface area contributed by atoms with Gasteiger partial charge in [0.15, 0.2) is 0 Å². The molecule has 0 radical (unpaired) electrons. The first kappa shape index (κ1) is 13.4. The van der Waals surface area contributed by atoms with Crippen molar-refractivity contribution in [2.45, 2.75) is 33.1 Å². The van der Waals surface area contributed by atoms with E-state index in [1.54, 1.807) is 26.0 Å². The second kappa shape index (κ2) is 6.81. The van der Waals surface area contributed by atoms with Gasteiger partial charge in [0, 0.05) is 11.1 Å². The average molecular weight is 210 g/mol. The number of rotatable bonds is 6. The molecule has 0 aliphatic carbocycles. The number of unbranched alkanes of at least 4 members (excludes halogenated alkanes) is 2. The third-order valence-corrected chi connectivity index (χ3v) is 2.09. The zero-order chi connectivity index (χ0) is 11.8. The molecule has 0 rings (SSSR count). The van der Waals surface area contributed by atoms with E-state index in [1.807, 2.05) is 0 Å². The summed E-state index contributed by atoms with van der Waals surface area (Å²) in [6, 6.07) is 0. The summed E-state index contributed by atoms with van der Waals surface area (Å²) in [7, 11) is 0. The molecule has 15 heavy (non-hydrogen) atoms. The van der Waals surface area contributed by atoms with Gasteiger partial charge in [-0.15, -0.1) is 0 Å². The molecule has 84 valence electrons. The van der Waals surface area contributed by atoms with Crippen LogP contribution >= 0.6 is 0 Å². The summed E-state index contributed by atoms with van der Waals surface area (Å²) in [5, 5.41) is 0. The monoisotopic (exact) mass is 210 g/mol. The molecule has 0 aliphatic rings.